The zero-order valence-electron chi connectivity index (χ0n) is 18.8. The third kappa shape index (κ3) is 4.59. The fraction of sp³-hybridized carbons (Fsp3) is 0.524. The Morgan fingerprint density at radius 3 is 2.68 bits per heavy atom. The van der Waals surface area contributed by atoms with Gasteiger partial charge in [-0.05, 0) is 31.9 Å². The van der Waals surface area contributed by atoms with Crippen LogP contribution in [0.5, 0.6) is 0 Å². The zero-order valence-corrected chi connectivity index (χ0v) is 19.7. The van der Waals surface area contributed by atoms with Crippen molar-refractivity contribution in [1.29, 1.82) is 0 Å². The normalized spacial score (nSPS) is 22.1. The standard InChI is InChI=1S/C21H26F2N8O2S/c1-13-17(11-27-34(2,32)33)30(14-3-4-14)8-7-29(13)20-9-16(25-12-26-20)18-10-24-19-6-5-15(21(22)23)28-31(18)19/h5-6,9-10,12-14,17,21,27H,3-4,7-8,11H2,1-2H3/t13-,17-/m0/s1. The molecule has 10 nitrogen and oxygen atoms in total. The van der Waals surface area contributed by atoms with Crippen LogP contribution in [0.15, 0.2) is 30.7 Å². The van der Waals surface area contributed by atoms with Gasteiger partial charge in [-0.25, -0.2) is 41.4 Å². The Bertz CT molecular complexity index is 1300. The molecule has 0 spiro atoms. The number of aromatic nitrogens is 5. The van der Waals surface area contributed by atoms with E-state index in [1.165, 1.54) is 29.2 Å². The predicted molar refractivity (Wildman–Crippen MR) is 122 cm³/mol. The molecular formula is C21H26F2N8O2S. The lowest BCUT2D eigenvalue weighted by atomic mass is 10.0. The maximum Gasteiger partial charge on any atom is 0.282 e. The van der Waals surface area contributed by atoms with E-state index in [0.29, 0.717) is 35.4 Å². The minimum absolute atomic E-state index is 0.0135. The highest BCUT2D eigenvalue weighted by Crippen LogP contribution is 2.34. The van der Waals surface area contributed by atoms with E-state index in [1.54, 1.807) is 12.3 Å². The third-order valence-corrected chi connectivity index (χ3v) is 7.15. The second-order valence-electron chi connectivity index (χ2n) is 8.82. The highest BCUT2D eigenvalue weighted by molar-refractivity contribution is 7.88. The van der Waals surface area contributed by atoms with Crippen molar-refractivity contribution in [3.8, 4) is 11.4 Å². The first-order valence-electron chi connectivity index (χ1n) is 11.1. The topological polar surface area (TPSA) is 109 Å². The lowest BCUT2D eigenvalue weighted by Crippen LogP contribution is -2.62. The molecule has 5 rings (SSSR count). The van der Waals surface area contributed by atoms with Gasteiger partial charge >= 0.3 is 0 Å². The molecule has 3 aromatic heterocycles. The Morgan fingerprint density at radius 2 is 1.97 bits per heavy atom. The van der Waals surface area contributed by atoms with Crippen LogP contribution in [0.3, 0.4) is 0 Å². The second kappa shape index (κ2) is 8.78. The van der Waals surface area contributed by atoms with E-state index >= 15 is 0 Å². The van der Waals surface area contributed by atoms with Crippen molar-refractivity contribution in [2.24, 2.45) is 0 Å². The molecule has 1 saturated carbocycles. The van der Waals surface area contributed by atoms with Gasteiger partial charge in [-0.1, -0.05) is 0 Å². The molecule has 3 aromatic rings. The van der Waals surface area contributed by atoms with Crippen LogP contribution in [-0.4, -0.2) is 81.9 Å². The van der Waals surface area contributed by atoms with Crippen LogP contribution < -0.4 is 9.62 Å². The maximum atomic E-state index is 13.2. The number of nitrogens with zero attached hydrogens (tertiary/aromatic N) is 7. The molecule has 2 aliphatic rings. The minimum atomic E-state index is -3.32. The van der Waals surface area contributed by atoms with Crippen LogP contribution in [0.1, 0.15) is 31.9 Å². The van der Waals surface area contributed by atoms with Crippen molar-refractivity contribution in [2.75, 3.05) is 30.8 Å². The molecule has 2 atom stereocenters. The maximum absolute atomic E-state index is 13.2. The number of nitrogens with one attached hydrogen (secondary N) is 1. The molecule has 0 radical (unpaired) electrons. The van der Waals surface area contributed by atoms with Gasteiger partial charge < -0.3 is 4.90 Å². The Balaban J connectivity index is 1.45. The van der Waals surface area contributed by atoms with Crippen LogP contribution in [0.2, 0.25) is 0 Å². The fourth-order valence-corrected chi connectivity index (χ4v) is 5.08. The van der Waals surface area contributed by atoms with E-state index in [2.05, 4.69) is 41.5 Å². The van der Waals surface area contributed by atoms with Gasteiger partial charge in [-0.15, -0.1) is 0 Å². The Hall–Kier alpha value is -2.77. The fourth-order valence-electron chi connectivity index (χ4n) is 4.61. The van der Waals surface area contributed by atoms with E-state index in [1.807, 2.05) is 0 Å². The number of anilines is 1. The average molecular weight is 493 g/mol. The first kappa shape index (κ1) is 23.0. The van der Waals surface area contributed by atoms with Crippen molar-refractivity contribution in [3.05, 3.63) is 36.4 Å². The summed E-state index contributed by atoms with van der Waals surface area (Å²) in [7, 11) is -3.32. The monoisotopic (exact) mass is 492 g/mol. The molecule has 0 unspecified atom stereocenters. The molecule has 182 valence electrons. The lowest BCUT2D eigenvalue weighted by Gasteiger charge is -2.47. The summed E-state index contributed by atoms with van der Waals surface area (Å²) in [4.78, 5) is 17.6. The van der Waals surface area contributed by atoms with Gasteiger partial charge in [0.2, 0.25) is 10.0 Å². The smallest absolute Gasteiger partial charge is 0.282 e. The Kier molecular flexibility index (Phi) is 5.94. The molecular weight excluding hydrogens is 466 g/mol. The van der Waals surface area contributed by atoms with Crippen LogP contribution >= 0.6 is 0 Å². The summed E-state index contributed by atoms with van der Waals surface area (Å²) in [5.41, 5.74) is 1.10. The largest absolute Gasteiger partial charge is 0.351 e. The van der Waals surface area contributed by atoms with Gasteiger partial charge in [0.25, 0.3) is 6.43 Å². The number of imidazole rings is 1. The second-order valence-corrected chi connectivity index (χ2v) is 10.7. The zero-order chi connectivity index (χ0) is 24.0. The van der Waals surface area contributed by atoms with Crippen molar-refractivity contribution < 1.29 is 17.2 Å². The molecule has 0 bridgehead atoms. The van der Waals surface area contributed by atoms with Gasteiger partial charge in [0.1, 0.15) is 23.5 Å². The van der Waals surface area contributed by atoms with Crippen LogP contribution in [0, 0.1) is 0 Å². The third-order valence-electron chi connectivity index (χ3n) is 6.46. The molecule has 34 heavy (non-hydrogen) atoms. The summed E-state index contributed by atoms with van der Waals surface area (Å²) < 4.78 is 53.9. The quantitative estimate of drug-likeness (QED) is 0.531. The van der Waals surface area contributed by atoms with E-state index in [9.17, 15) is 17.2 Å². The number of halogens is 2. The number of rotatable bonds is 7. The molecule has 2 fully saturated rings. The molecule has 0 aromatic carbocycles. The van der Waals surface area contributed by atoms with E-state index in [4.69, 9.17) is 0 Å². The summed E-state index contributed by atoms with van der Waals surface area (Å²) in [6.45, 7) is 3.90. The number of hydrogen-bond donors (Lipinski definition) is 1. The van der Waals surface area contributed by atoms with Gasteiger partial charge in [0, 0.05) is 43.8 Å². The molecule has 13 heteroatoms. The molecule has 1 aliphatic carbocycles. The summed E-state index contributed by atoms with van der Waals surface area (Å²) in [6, 6.07) is 5.01. The van der Waals surface area contributed by atoms with E-state index in [-0.39, 0.29) is 17.8 Å². The molecule has 4 heterocycles. The van der Waals surface area contributed by atoms with Gasteiger partial charge in [-0.2, -0.15) is 5.10 Å². The molecule has 0 amide bonds. The average Bonchev–Trinajstić information content (AvgIpc) is 3.55. The van der Waals surface area contributed by atoms with Gasteiger partial charge in [-0.3, -0.25) is 4.90 Å². The summed E-state index contributed by atoms with van der Waals surface area (Å²) in [5.74, 6) is 0.678. The highest BCUT2D eigenvalue weighted by atomic mass is 32.2. The van der Waals surface area contributed by atoms with Crippen molar-refractivity contribution in [3.63, 3.8) is 0 Å². The van der Waals surface area contributed by atoms with Gasteiger partial charge in [0.15, 0.2) is 5.65 Å². The van der Waals surface area contributed by atoms with Crippen molar-refractivity contribution >= 4 is 21.5 Å². The highest BCUT2D eigenvalue weighted by Gasteiger charge is 2.41. The number of sulfonamides is 1. The van der Waals surface area contributed by atoms with Gasteiger partial charge in [0.05, 0.1) is 18.1 Å². The summed E-state index contributed by atoms with van der Waals surface area (Å²) in [5, 5.41) is 4.02. The first-order valence-corrected chi connectivity index (χ1v) is 13.0. The van der Waals surface area contributed by atoms with Crippen molar-refractivity contribution in [2.45, 2.75) is 44.3 Å². The molecule has 1 aliphatic heterocycles. The lowest BCUT2D eigenvalue weighted by molar-refractivity contribution is 0.138. The van der Waals surface area contributed by atoms with E-state index < -0.39 is 16.4 Å². The van der Waals surface area contributed by atoms with Crippen molar-refractivity contribution in [1.82, 2.24) is 34.2 Å². The minimum Gasteiger partial charge on any atom is -0.351 e. The first-order chi connectivity index (χ1) is 16.2. The SMILES string of the molecule is C[C@H]1[C@H](CNS(C)(=O)=O)N(C2CC2)CCN1c1cc(-c2cnc3ccc(C(F)F)nn23)ncn1. The molecule has 1 N–H and O–H groups in total. The summed E-state index contributed by atoms with van der Waals surface area (Å²) >= 11 is 0. The number of fused-ring (bicyclic) bond motifs is 1. The number of hydrogen-bond acceptors (Lipinski definition) is 8. The Labute approximate surface area is 196 Å². The Morgan fingerprint density at radius 1 is 1.18 bits per heavy atom. The molecule has 1 saturated heterocycles. The van der Waals surface area contributed by atoms with Crippen LogP contribution in [0.25, 0.3) is 17.0 Å². The van der Waals surface area contributed by atoms with Crippen LogP contribution in [0.4, 0.5) is 14.6 Å². The van der Waals surface area contributed by atoms with Crippen LogP contribution in [-0.2, 0) is 10.0 Å². The number of alkyl halides is 2. The van der Waals surface area contributed by atoms with E-state index in [0.717, 1.165) is 25.9 Å². The summed E-state index contributed by atoms with van der Waals surface area (Å²) in [6.07, 6.45) is 3.71. The predicted octanol–water partition coefficient (Wildman–Crippen LogP) is 1.71. The number of piperazine rings is 1.